The lowest BCUT2D eigenvalue weighted by molar-refractivity contribution is 0.0594. The van der Waals surface area contributed by atoms with Gasteiger partial charge in [0, 0.05) is 51.2 Å². The van der Waals surface area contributed by atoms with E-state index in [1.54, 1.807) is 12.3 Å². The van der Waals surface area contributed by atoms with Crippen LogP contribution in [0.3, 0.4) is 0 Å². The first kappa shape index (κ1) is 14.7. The number of hydrogen-bond acceptors (Lipinski definition) is 6. The summed E-state index contributed by atoms with van der Waals surface area (Å²) in [6.07, 6.45) is 1.62. The van der Waals surface area contributed by atoms with Gasteiger partial charge in [0.15, 0.2) is 0 Å². The molecule has 0 spiro atoms. The predicted molar refractivity (Wildman–Crippen MR) is 78.0 cm³/mol. The van der Waals surface area contributed by atoms with Crippen molar-refractivity contribution in [3.63, 3.8) is 0 Å². The van der Waals surface area contributed by atoms with Gasteiger partial charge >= 0.3 is 5.97 Å². The van der Waals surface area contributed by atoms with Crippen molar-refractivity contribution < 1.29 is 9.53 Å². The minimum absolute atomic E-state index is 0.331. The van der Waals surface area contributed by atoms with Crippen LogP contribution in [0.15, 0.2) is 18.3 Å². The molecule has 1 N–H and O–H groups in total. The van der Waals surface area contributed by atoms with Gasteiger partial charge in [-0.05, 0) is 19.2 Å². The lowest BCUT2D eigenvalue weighted by atomic mass is 10.3. The maximum absolute atomic E-state index is 11.4. The molecule has 6 heteroatoms. The van der Waals surface area contributed by atoms with E-state index in [0.29, 0.717) is 5.69 Å². The number of hydrogen-bond donors (Lipinski definition) is 1. The number of pyridine rings is 1. The minimum Gasteiger partial charge on any atom is -0.464 e. The Hall–Kier alpha value is -1.66. The summed E-state index contributed by atoms with van der Waals surface area (Å²) in [5.41, 5.74) is 1.23. The van der Waals surface area contributed by atoms with E-state index in [1.165, 1.54) is 7.11 Å². The van der Waals surface area contributed by atoms with E-state index >= 15 is 0 Å². The fourth-order valence-electron chi connectivity index (χ4n) is 2.19. The molecule has 1 aliphatic heterocycles. The van der Waals surface area contributed by atoms with E-state index < -0.39 is 5.97 Å². The molecule has 1 aromatic rings. The molecule has 2 heterocycles. The van der Waals surface area contributed by atoms with Gasteiger partial charge in [-0.25, -0.2) is 9.78 Å². The van der Waals surface area contributed by atoms with E-state index in [1.807, 2.05) is 6.07 Å². The van der Waals surface area contributed by atoms with Crippen molar-refractivity contribution in [1.29, 1.82) is 0 Å². The summed E-state index contributed by atoms with van der Waals surface area (Å²) in [5.74, 6) is -0.410. The van der Waals surface area contributed by atoms with Gasteiger partial charge in [-0.3, -0.25) is 4.90 Å². The fraction of sp³-hybridized carbons (Fsp3) is 0.571. The Labute approximate surface area is 119 Å². The second-order valence-electron chi connectivity index (χ2n) is 4.99. The maximum atomic E-state index is 11.4. The van der Waals surface area contributed by atoms with Gasteiger partial charge in [0.2, 0.25) is 0 Å². The Bertz CT molecular complexity index is 445. The molecule has 1 aliphatic rings. The summed E-state index contributed by atoms with van der Waals surface area (Å²) in [5, 5.41) is 3.32. The number of esters is 1. The molecule has 0 amide bonds. The van der Waals surface area contributed by atoms with Gasteiger partial charge in [-0.2, -0.15) is 0 Å². The number of carbonyl (C=O) groups is 1. The van der Waals surface area contributed by atoms with Crippen molar-refractivity contribution in [3.05, 3.63) is 24.0 Å². The van der Waals surface area contributed by atoms with Crippen molar-refractivity contribution in [1.82, 2.24) is 14.8 Å². The van der Waals surface area contributed by atoms with Gasteiger partial charge in [0.1, 0.15) is 5.69 Å². The third kappa shape index (κ3) is 4.18. The second kappa shape index (κ2) is 7.21. The summed E-state index contributed by atoms with van der Waals surface area (Å²) in [6, 6.07) is 3.58. The van der Waals surface area contributed by atoms with Crippen LogP contribution in [0.2, 0.25) is 0 Å². The number of nitrogens with one attached hydrogen (secondary N) is 1. The van der Waals surface area contributed by atoms with Crippen LogP contribution in [-0.4, -0.2) is 74.2 Å². The third-order valence-electron chi connectivity index (χ3n) is 3.51. The van der Waals surface area contributed by atoms with E-state index in [-0.39, 0.29) is 0 Å². The van der Waals surface area contributed by atoms with Crippen molar-refractivity contribution in [3.8, 4) is 0 Å². The molecule has 0 aliphatic carbocycles. The van der Waals surface area contributed by atoms with Crippen LogP contribution >= 0.6 is 0 Å². The predicted octanol–water partition coefficient (Wildman–Crippen LogP) is 0.528. The molecule has 20 heavy (non-hydrogen) atoms. The summed E-state index contributed by atoms with van der Waals surface area (Å²) in [7, 11) is 3.51. The Morgan fingerprint density at radius 2 is 2.15 bits per heavy atom. The van der Waals surface area contributed by atoms with Crippen LogP contribution in [-0.2, 0) is 4.74 Å². The highest BCUT2D eigenvalue weighted by Crippen LogP contribution is 2.08. The first-order chi connectivity index (χ1) is 9.69. The molecular weight excluding hydrogens is 256 g/mol. The van der Waals surface area contributed by atoms with E-state index in [9.17, 15) is 4.79 Å². The quantitative estimate of drug-likeness (QED) is 0.793. The zero-order valence-corrected chi connectivity index (χ0v) is 12.1. The normalized spacial score (nSPS) is 16.9. The Balaban J connectivity index is 1.78. The number of carbonyl (C=O) groups excluding carboxylic acids is 1. The zero-order valence-electron chi connectivity index (χ0n) is 12.1. The van der Waals surface area contributed by atoms with E-state index in [2.05, 4.69) is 31.9 Å². The number of rotatable bonds is 5. The molecule has 6 nitrogen and oxygen atoms in total. The molecule has 0 radical (unpaired) electrons. The van der Waals surface area contributed by atoms with Crippen LogP contribution < -0.4 is 5.32 Å². The summed E-state index contributed by atoms with van der Waals surface area (Å²) < 4.78 is 4.66. The smallest absolute Gasteiger partial charge is 0.356 e. The van der Waals surface area contributed by atoms with Gasteiger partial charge in [0.25, 0.3) is 0 Å². The average molecular weight is 278 g/mol. The molecule has 0 bridgehead atoms. The molecule has 110 valence electrons. The highest BCUT2D eigenvalue weighted by molar-refractivity contribution is 5.88. The Morgan fingerprint density at radius 3 is 2.85 bits per heavy atom. The monoisotopic (exact) mass is 278 g/mol. The molecular formula is C14H22N4O2. The first-order valence-electron chi connectivity index (χ1n) is 6.88. The minimum atomic E-state index is -0.410. The lowest BCUT2D eigenvalue weighted by Gasteiger charge is -2.32. The van der Waals surface area contributed by atoms with Crippen LogP contribution in [0.25, 0.3) is 0 Å². The maximum Gasteiger partial charge on any atom is 0.356 e. The molecule has 2 rings (SSSR count). The van der Waals surface area contributed by atoms with Gasteiger partial charge < -0.3 is 15.0 Å². The molecule has 0 aromatic carbocycles. The first-order valence-corrected chi connectivity index (χ1v) is 6.88. The molecule has 1 fully saturated rings. The fourth-order valence-corrected chi connectivity index (χ4v) is 2.19. The molecule has 0 unspecified atom stereocenters. The van der Waals surface area contributed by atoms with Crippen molar-refractivity contribution in [2.45, 2.75) is 0 Å². The third-order valence-corrected chi connectivity index (χ3v) is 3.51. The standard InChI is InChI=1S/C14H22N4O2/c1-17-7-9-18(10-8-17)6-5-15-12-3-4-16-13(11-12)14(19)20-2/h3-4,11H,5-10H2,1-2H3,(H,15,16). The molecule has 1 aromatic heterocycles. The number of aromatic nitrogens is 1. The lowest BCUT2D eigenvalue weighted by Crippen LogP contribution is -2.45. The van der Waals surface area contributed by atoms with Crippen molar-refractivity contribution in [2.75, 3.05) is 58.7 Å². The van der Waals surface area contributed by atoms with Gasteiger partial charge in [-0.15, -0.1) is 0 Å². The van der Waals surface area contributed by atoms with Crippen molar-refractivity contribution >= 4 is 11.7 Å². The number of piperazine rings is 1. The summed E-state index contributed by atoms with van der Waals surface area (Å²) >= 11 is 0. The molecule has 1 saturated heterocycles. The van der Waals surface area contributed by atoms with Gasteiger partial charge in [0.05, 0.1) is 7.11 Å². The van der Waals surface area contributed by atoms with E-state index in [4.69, 9.17) is 0 Å². The number of likely N-dealkylation sites (N-methyl/N-ethyl adjacent to an activating group) is 1. The van der Waals surface area contributed by atoms with Crippen molar-refractivity contribution in [2.24, 2.45) is 0 Å². The van der Waals surface area contributed by atoms with Crippen LogP contribution in [0.1, 0.15) is 10.5 Å². The van der Waals surface area contributed by atoms with Gasteiger partial charge in [-0.1, -0.05) is 0 Å². The largest absolute Gasteiger partial charge is 0.464 e. The molecule has 0 atom stereocenters. The SMILES string of the molecule is COC(=O)c1cc(NCCN2CCN(C)CC2)ccn1. The van der Waals surface area contributed by atoms with E-state index in [0.717, 1.165) is 45.0 Å². The highest BCUT2D eigenvalue weighted by atomic mass is 16.5. The Morgan fingerprint density at radius 1 is 1.40 bits per heavy atom. The van der Waals surface area contributed by atoms with Crippen LogP contribution in [0.5, 0.6) is 0 Å². The zero-order chi connectivity index (χ0) is 14.4. The average Bonchev–Trinajstić information content (AvgIpc) is 2.49. The summed E-state index contributed by atoms with van der Waals surface area (Å²) in [4.78, 5) is 20.2. The second-order valence-corrected chi connectivity index (χ2v) is 4.99. The number of ether oxygens (including phenoxy) is 1. The van der Waals surface area contributed by atoms with Crippen LogP contribution in [0, 0.1) is 0 Å². The number of methoxy groups -OCH3 is 1. The molecule has 0 saturated carbocycles. The topological polar surface area (TPSA) is 57.7 Å². The Kier molecular flexibility index (Phi) is 5.31. The number of nitrogens with zero attached hydrogens (tertiary/aromatic N) is 3. The summed E-state index contributed by atoms with van der Waals surface area (Å²) in [6.45, 7) is 6.34. The number of anilines is 1. The van der Waals surface area contributed by atoms with Crippen LogP contribution in [0.4, 0.5) is 5.69 Å². The highest BCUT2D eigenvalue weighted by Gasteiger charge is 2.13.